The fraction of sp³-hybridized carbons (Fsp3) is 0.564. The van der Waals surface area contributed by atoms with E-state index in [1.54, 1.807) is 16.4 Å². The minimum Gasteiger partial charge on any atom is -0.166 e. The molecule has 1 aliphatic carbocycles. The summed E-state index contributed by atoms with van der Waals surface area (Å²) in [4.78, 5) is 4.44. The lowest BCUT2D eigenvalue weighted by Gasteiger charge is -2.40. The molecule has 0 heterocycles. The zero-order valence-corrected chi connectivity index (χ0v) is 44.0. The highest BCUT2D eigenvalue weighted by Crippen LogP contribution is 2.66. The number of hydrogen-bond donors (Lipinski definition) is 1. The molecule has 63 heavy (non-hydrogen) atoms. The quantitative estimate of drug-likeness (QED) is 0.0464. The van der Waals surface area contributed by atoms with Crippen LogP contribution in [0.2, 0.25) is 36.3 Å². The van der Waals surface area contributed by atoms with Crippen molar-refractivity contribution in [2.75, 3.05) is 0 Å². The lowest BCUT2D eigenvalue weighted by molar-refractivity contribution is -0.136. The monoisotopic (exact) mass is 933 g/mol. The molecule has 1 saturated carbocycles. The molecule has 1 atom stereocenters. The third-order valence-corrected chi connectivity index (χ3v) is 33.2. The van der Waals surface area contributed by atoms with Crippen LogP contribution in [0.4, 0.5) is 13.2 Å². The largest absolute Gasteiger partial charge is 0.420 e. The molecular weight excluding hydrogens is 850 g/mol. The van der Waals surface area contributed by atoms with Gasteiger partial charge >= 0.3 is 6.18 Å². The molecule has 0 aliphatic heterocycles. The highest BCUT2D eigenvalue weighted by atomic mass is 31.2. The Hall–Kier alpha value is -2.08. The Morgan fingerprint density at radius 2 is 0.889 bits per heavy atom. The first-order valence-corrected chi connectivity index (χ1v) is 33.9. The molecule has 346 valence electrons. The third kappa shape index (κ3) is 13.1. The van der Waals surface area contributed by atoms with Crippen molar-refractivity contribution >= 4 is 63.2 Å². The Bertz CT molecular complexity index is 1760. The first kappa shape index (κ1) is 51.9. The Labute approximate surface area is 386 Å². The van der Waals surface area contributed by atoms with Gasteiger partial charge in [-0.15, -0.1) is 0 Å². The van der Waals surface area contributed by atoms with Crippen LogP contribution in [-0.4, -0.2) is 21.8 Å². The highest BCUT2D eigenvalue weighted by molar-refractivity contribution is 7.96. The van der Waals surface area contributed by atoms with Crippen LogP contribution in [0.1, 0.15) is 156 Å². The zero-order chi connectivity index (χ0) is 45.2. The number of hydrogen-bond acceptors (Lipinski definition) is 1. The summed E-state index contributed by atoms with van der Waals surface area (Å²) < 4.78 is 46.5. The molecule has 1 fully saturated rings. The molecule has 0 amide bonds. The number of halogens is 3. The van der Waals surface area contributed by atoms with Crippen molar-refractivity contribution in [3.05, 3.63) is 109 Å². The molecular formula is C55H83F3NP2Si2+. The number of benzene rings is 4. The van der Waals surface area contributed by atoms with E-state index >= 15 is 13.2 Å². The van der Waals surface area contributed by atoms with Gasteiger partial charge in [-0.1, -0.05) is 251 Å². The maximum Gasteiger partial charge on any atom is 0.420 e. The van der Waals surface area contributed by atoms with Crippen molar-refractivity contribution < 1.29 is 13.2 Å². The lowest BCUT2D eigenvalue weighted by atomic mass is 10.0. The second kappa shape index (κ2) is 25.7. The van der Waals surface area contributed by atoms with E-state index in [1.165, 1.54) is 130 Å². The molecule has 1 aliphatic rings. The summed E-state index contributed by atoms with van der Waals surface area (Å²) in [5.41, 5.74) is -0.368. The van der Waals surface area contributed by atoms with Crippen LogP contribution in [0, 0.1) is 0 Å². The van der Waals surface area contributed by atoms with Crippen molar-refractivity contribution in [1.29, 1.82) is 0 Å². The first-order valence-electron chi connectivity index (χ1n) is 25.5. The Morgan fingerprint density at radius 3 is 1.27 bits per heavy atom. The summed E-state index contributed by atoms with van der Waals surface area (Å²) >= 11 is 0. The average Bonchev–Trinajstić information content (AvgIpc) is 3.32. The van der Waals surface area contributed by atoms with E-state index in [2.05, 4.69) is 119 Å². The molecule has 1 unspecified atom stereocenters. The minimum atomic E-state index is -4.47. The summed E-state index contributed by atoms with van der Waals surface area (Å²) in [5, 5.41) is 7.17. The number of alkyl halides is 3. The second-order valence-corrected chi connectivity index (χ2v) is 34.0. The average molecular weight is 933 g/mol. The summed E-state index contributed by atoms with van der Waals surface area (Å²) in [7, 11) is -7.69. The maximum absolute atomic E-state index is 15.5. The molecule has 1 N–H and O–H groups in total. The Kier molecular flexibility index (Phi) is 21.2. The molecule has 4 aromatic carbocycles. The van der Waals surface area contributed by atoms with Gasteiger partial charge in [-0.05, 0) is 60.6 Å². The summed E-state index contributed by atoms with van der Waals surface area (Å²) in [6.45, 7) is 14.0. The molecule has 4 aromatic rings. The van der Waals surface area contributed by atoms with E-state index in [1.807, 2.05) is 18.2 Å². The Balaban J connectivity index is 1.78. The van der Waals surface area contributed by atoms with E-state index in [4.69, 9.17) is 0 Å². The van der Waals surface area contributed by atoms with Gasteiger partial charge in [0.2, 0.25) is 0 Å². The summed E-state index contributed by atoms with van der Waals surface area (Å²) in [5.74, 6) is 0. The van der Waals surface area contributed by atoms with Gasteiger partial charge in [-0.2, -0.15) is 18.0 Å². The van der Waals surface area contributed by atoms with Crippen LogP contribution in [-0.2, 0) is 6.18 Å². The topological polar surface area (TPSA) is 12.0 Å². The molecule has 8 heteroatoms. The van der Waals surface area contributed by atoms with Gasteiger partial charge in [0.25, 0.3) is 0 Å². The lowest BCUT2D eigenvalue weighted by Crippen LogP contribution is -2.48. The van der Waals surface area contributed by atoms with Gasteiger partial charge in [0.15, 0.2) is 7.41 Å². The predicted molar refractivity (Wildman–Crippen MR) is 282 cm³/mol. The standard InChI is InChI=1S/C55H83F3NP2Si2/c1-7-13-41-62(42-14-8-2,43-15-9-3)51-37-33-47(34-38-51)60(48-35-39-52(40-36-48)63(44-16-10-4,45-17-11-5)46-18-12-6)59-61(49-27-21-19-22-28-49,50-29-23-20-24-30-50)54-32-26-25-31-53(54)55(56,57)58/h19,21-22,25-28,31-40,50,59H,7-18,20,23-24,29-30,41-46H2,1-6H3/q+1. The normalized spacial score (nSPS) is 15.2. The molecule has 0 saturated heterocycles. The number of unbranched alkanes of at least 4 members (excludes halogenated alkanes) is 6. The van der Waals surface area contributed by atoms with Crippen molar-refractivity contribution in [2.45, 2.75) is 199 Å². The molecule has 0 spiro atoms. The van der Waals surface area contributed by atoms with E-state index < -0.39 is 43.4 Å². The van der Waals surface area contributed by atoms with Gasteiger partial charge < -0.3 is 0 Å². The van der Waals surface area contributed by atoms with Gasteiger partial charge in [0.05, 0.1) is 35.4 Å². The van der Waals surface area contributed by atoms with Gasteiger partial charge in [0, 0.05) is 0 Å². The van der Waals surface area contributed by atoms with E-state index in [9.17, 15) is 0 Å². The molecule has 0 radical (unpaired) electrons. The molecule has 1 nitrogen and oxygen atoms in total. The van der Waals surface area contributed by atoms with Crippen molar-refractivity contribution in [2.24, 2.45) is 0 Å². The van der Waals surface area contributed by atoms with E-state index in [-0.39, 0.29) is 5.66 Å². The second-order valence-electron chi connectivity index (χ2n) is 19.1. The molecule has 0 bridgehead atoms. The van der Waals surface area contributed by atoms with Crippen LogP contribution in [0.15, 0.2) is 103 Å². The predicted octanol–water partition coefficient (Wildman–Crippen LogP) is 15.7. The summed E-state index contributed by atoms with van der Waals surface area (Å²) in [6.07, 6.45) is 15.7. The van der Waals surface area contributed by atoms with Gasteiger partial charge in [-0.3, -0.25) is 0 Å². The Morgan fingerprint density at radius 1 is 0.508 bits per heavy atom. The summed E-state index contributed by atoms with van der Waals surface area (Å²) in [6, 6.07) is 44.8. The van der Waals surface area contributed by atoms with Gasteiger partial charge in [0.1, 0.15) is 10.6 Å². The fourth-order valence-electron chi connectivity index (χ4n) is 10.9. The fourth-order valence-corrected chi connectivity index (χ4v) is 30.8. The van der Waals surface area contributed by atoms with Crippen molar-refractivity contribution in [3.8, 4) is 0 Å². The molecule has 0 aromatic heterocycles. The van der Waals surface area contributed by atoms with Gasteiger partial charge in [-0.25, -0.2) is 0 Å². The van der Waals surface area contributed by atoms with Crippen LogP contribution in [0.3, 0.4) is 0 Å². The van der Waals surface area contributed by atoms with Crippen LogP contribution < -0.4 is 36.4 Å². The SMILES string of the molecule is CCCC[Si](CCCC)(CCCC)c1ccc(P(N[P+](c2ccccc2)(c2ccccc2C(F)(F)F)C2CCCCC2)c2ccc([Si](CCCC)(CCCC)CCCC)cc2)cc1. The molecule has 5 rings (SSSR count). The maximum atomic E-state index is 15.5. The van der Waals surface area contributed by atoms with E-state index in [0.29, 0.717) is 5.30 Å². The van der Waals surface area contributed by atoms with E-state index in [0.717, 1.165) is 37.4 Å². The van der Waals surface area contributed by atoms with Crippen molar-refractivity contribution in [3.63, 3.8) is 0 Å². The smallest absolute Gasteiger partial charge is 0.166 e. The van der Waals surface area contributed by atoms with Crippen LogP contribution in [0.25, 0.3) is 0 Å². The van der Waals surface area contributed by atoms with Crippen LogP contribution in [0.5, 0.6) is 0 Å². The third-order valence-electron chi connectivity index (χ3n) is 14.7. The number of rotatable bonds is 27. The first-order chi connectivity index (χ1) is 30.6. The van der Waals surface area contributed by atoms with Crippen molar-refractivity contribution in [1.82, 2.24) is 4.86 Å². The minimum absolute atomic E-state index is 0.107. The van der Waals surface area contributed by atoms with Crippen LogP contribution >= 0.6 is 15.5 Å². The zero-order valence-electron chi connectivity index (χ0n) is 40.2. The number of nitrogens with one attached hydrogen (secondary N) is 1. The highest BCUT2D eigenvalue weighted by Gasteiger charge is 2.56.